The van der Waals surface area contributed by atoms with Crippen LogP contribution in [-0.2, 0) is 0 Å². The molecule has 5 aromatic rings. The minimum absolute atomic E-state index is 1.17. The van der Waals surface area contributed by atoms with Gasteiger partial charge in [-0.05, 0) is 0 Å². The number of rotatable bonds is 14. The maximum atomic E-state index is 2.63. The van der Waals surface area contributed by atoms with Crippen molar-refractivity contribution < 1.29 is 0 Å². The molecule has 0 amide bonds. The Bertz CT molecular complexity index is 1430. The Hall–Kier alpha value is -2.56. The molecule has 0 bridgehead atoms. The molecule has 0 saturated carbocycles. The second kappa shape index (κ2) is 14.6. The fourth-order valence-corrected chi connectivity index (χ4v) is 26.5. The molecule has 0 radical (unpaired) electrons. The van der Waals surface area contributed by atoms with Gasteiger partial charge in [-0.2, -0.15) is 0 Å². The van der Waals surface area contributed by atoms with Crippen LogP contribution in [0.4, 0.5) is 17.1 Å². The molecule has 0 aliphatic heterocycles. The summed E-state index contributed by atoms with van der Waals surface area (Å²) in [6.07, 6.45) is 8.23. The zero-order valence-electron chi connectivity index (χ0n) is 25.1. The Morgan fingerprint density at radius 3 is 1.54 bits per heavy atom. The van der Waals surface area contributed by atoms with Gasteiger partial charge in [0, 0.05) is 0 Å². The van der Waals surface area contributed by atoms with Crippen LogP contribution in [0.3, 0.4) is 0 Å². The predicted molar refractivity (Wildman–Crippen MR) is 186 cm³/mol. The van der Waals surface area contributed by atoms with Crippen LogP contribution in [-0.4, -0.2) is 18.4 Å². The molecule has 41 heavy (non-hydrogen) atoms. The molecule has 0 aliphatic rings. The standard InChI is InChI=1S/C26H18NS.3C4H9.Sn/c1-3-7-23(8-4-1)27(24-9-5-2-6-10-24)25-15-13-20(14-16-25)22-12-11-21-17-18-28-26(21)19-22;3*1-3-4-2;/h1-17,19H;3*1,3-4H2,2H3;. The molecule has 1 aromatic heterocycles. The third-order valence-corrected chi connectivity index (χ3v) is 27.9. The molecule has 0 spiro atoms. The van der Waals surface area contributed by atoms with Gasteiger partial charge in [-0.3, -0.25) is 0 Å². The summed E-state index contributed by atoms with van der Waals surface area (Å²) in [7, 11) is 0. The van der Waals surface area contributed by atoms with Crippen LogP contribution >= 0.6 is 11.3 Å². The van der Waals surface area contributed by atoms with Gasteiger partial charge in [-0.25, -0.2) is 0 Å². The number of unbranched alkanes of at least 4 members (excludes halogenated alkanes) is 3. The summed E-state index contributed by atoms with van der Waals surface area (Å²) >= 11 is -0.268. The second-order valence-electron chi connectivity index (χ2n) is 11.5. The van der Waals surface area contributed by atoms with E-state index in [1.807, 2.05) is 2.89 Å². The van der Waals surface area contributed by atoms with E-state index in [1.165, 1.54) is 90.1 Å². The third kappa shape index (κ3) is 7.09. The number of nitrogens with zero attached hydrogens (tertiary/aromatic N) is 1. The summed E-state index contributed by atoms with van der Waals surface area (Å²) in [5, 5.41) is 1.45. The van der Waals surface area contributed by atoms with Gasteiger partial charge in [-0.15, -0.1) is 0 Å². The first-order chi connectivity index (χ1) is 20.2. The Labute approximate surface area is 256 Å². The van der Waals surface area contributed by atoms with Crippen molar-refractivity contribution in [2.75, 3.05) is 4.90 Å². The Kier molecular flexibility index (Phi) is 10.6. The number of hydrogen-bond acceptors (Lipinski definition) is 2. The fourth-order valence-electron chi connectivity index (χ4n) is 6.17. The molecular formula is C38H45NSSn. The van der Waals surface area contributed by atoms with E-state index in [1.54, 1.807) is 0 Å². The molecule has 1 heterocycles. The van der Waals surface area contributed by atoms with Crippen LogP contribution in [0.15, 0.2) is 109 Å². The minimum atomic E-state index is -2.42. The summed E-state index contributed by atoms with van der Waals surface area (Å²) in [6, 6.07) is 40.2. The van der Waals surface area contributed by atoms with E-state index in [2.05, 4.69) is 146 Å². The molecule has 1 nitrogen and oxygen atoms in total. The molecule has 3 heteroatoms. The van der Waals surface area contributed by atoms with Crippen molar-refractivity contribution in [3.05, 3.63) is 109 Å². The SMILES string of the molecule is CCC[CH2][Sn]([CH2]CCC)([CH2]CCC)[c]1cc2ccc(-c3ccc(N(c4ccccc4)c4ccccc4)cc3)cc2s1. The Balaban J connectivity index is 1.47. The molecule has 0 N–H and O–H groups in total. The topological polar surface area (TPSA) is 3.24 Å². The number of benzene rings is 4. The van der Waals surface area contributed by atoms with Gasteiger partial charge in [0.25, 0.3) is 0 Å². The first kappa shape index (κ1) is 29.9. The number of para-hydroxylation sites is 2. The van der Waals surface area contributed by atoms with Crippen molar-refractivity contribution in [2.45, 2.75) is 72.6 Å². The van der Waals surface area contributed by atoms with Gasteiger partial charge in [0.05, 0.1) is 0 Å². The zero-order chi connectivity index (χ0) is 28.5. The second-order valence-corrected chi connectivity index (χ2v) is 26.8. The molecular weight excluding hydrogens is 621 g/mol. The van der Waals surface area contributed by atoms with Gasteiger partial charge in [-0.1, -0.05) is 36.4 Å². The van der Waals surface area contributed by atoms with Crippen LogP contribution in [0.1, 0.15) is 59.3 Å². The zero-order valence-corrected chi connectivity index (χ0v) is 28.8. The first-order valence-corrected chi connectivity index (χ1v) is 24.0. The fraction of sp³-hybridized carbons (Fsp3) is 0.316. The average molecular weight is 667 g/mol. The molecule has 0 aliphatic carbocycles. The van der Waals surface area contributed by atoms with E-state index < -0.39 is 18.4 Å². The summed E-state index contributed by atoms with van der Waals surface area (Å²) in [5.74, 6) is 0. The quantitative estimate of drug-likeness (QED) is 0.107. The van der Waals surface area contributed by atoms with Gasteiger partial charge in [0.2, 0.25) is 0 Å². The molecule has 0 atom stereocenters. The molecule has 0 unspecified atom stereocenters. The summed E-state index contributed by atoms with van der Waals surface area (Å²) in [5.41, 5.74) is 6.11. The van der Waals surface area contributed by atoms with Crippen molar-refractivity contribution in [2.24, 2.45) is 0 Å². The molecule has 0 saturated heterocycles. The monoisotopic (exact) mass is 667 g/mol. The van der Waals surface area contributed by atoms with Crippen molar-refractivity contribution in [3.8, 4) is 11.1 Å². The van der Waals surface area contributed by atoms with Crippen LogP contribution in [0.25, 0.3) is 21.2 Å². The predicted octanol–water partition coefficient (Wildman–Crippen LogP) is 12.1. The molecule has 0 fully saturated rings. The van der Waals surface area contributed by atoms with E-state index in [4.69, 9.17) is 0 Å². The van der Waals surface area contributed by atoms with Gasteiger partial charge in [0.15, 0.2) is 0 Å². The van der Waals surface area contributed by atoms with Gasteiger partial charge >= 0.3 is 221 Å². The summed E-state index contributed by atoms with van der Waals surface area (Å²) in [6.45, 7) is 7.12. The van der Waals surface area contributed by atoms with Crippen molar-refractivity contribution in [3.63, 3.8) is 0 Å². The summed E-state index contributed by atoms with van der Waals surface area (Å²) in [4.78, 5) is 2.33. The number of anilines is 3. The van der Waals surface area contributed by atoms with E-state index in [9.17, 15) is 0 Å². The van der Waals surface area contributed by atoms with Crippen LogP contribution in [0.2, 0.25) is 13.3 Å². The van der Waals surface area contributed by atoms with Crippen molar-refractivity contribution in [1.29, 1.82) is 0 Å². The van der Waals surface area contributed by atoms with Gasteiger partial charge < -0.3 is 0 Å². The summed E-state index contributed by atoms with van der Waals surface area (Å²) < 4.78 is 7.91. The Morgan fingerprint density at radius 1 is 0.537 bits per heavy atom. The van der Waals surface area contributed by atoms with E-state index in [0.29, 0.717) is 0 Å². The molecule has 5 rings (SSSR count). The number of hydrogen-bond donors (Lipinski definition) is 0. The molecule has 4 aromatic carbocycles. The average Bonchev–Trinajstić information content (AvgIpc) is 3.47. The first-order valence-electron chi connectivity index (χ1n) is 15.7. The maximum absolute atomic E-state index is 2.63. The molecule has 212 valence electrons. The van der Waals surface area contributed by atoms with Crippen molar-refractivity contribution in [1.82, 2.24) is 0 Å². The van der Waals surface area contributed by atoms with E-state index >= 15 is 0 Å². The van der Waals surface area contributed by atoms with Crippen molar-refractivity contribution >= 4 is 59.8 Å². The number of thiophene rings is 1. The van der Waals surface area contributed by atoms with E-state index in [-0.39, 0.29) is 0 Å². The van der Waals surface area contributed by atoms with Crippen LogP contribution in [0, 0.1) is 0 Å². The third-order valence-electron chi connectivity index (χ3n) is 8.56. The van der Waals surface area contributed by atoms with Crippen LogP contribution < -0.4 is 7.79 Å². The Morgan fingerprint density at radius 2 is 1.02 bits per heavy atom. The van der Waals surface area contributed by atoms with Crippen LogP contribution in [0.5, 0.6) is 0 Å². The van der Waals surface area contributed by atoms with E-state index in [0.717, 1.165) is 0 Å². The normalized spacial score (nSPS) is 11.7. The number of fused-ring (bicyclic) bond motifs is 1. The van der Waals surface area contributed by atoms with Gasteiger partial charge in [0.1, 0.15) is 0 Å².